The van der Waals surface area contributed by atoms with E-state index in [0.29, 0.717) is 24.8 Å². The molecule has 1 amide bonds. The summed E-state index contributed by atoms with van der Waals surface area (Å²) >= 11 is 0. The molecule has 2 rings (SSSR count). The average molecular weight is 264 g/mol. The number of carbonyl (C=O) groups excluding carboxylic acids is 1. The fourth-order valence-corrected chi connectivity index (χ4v) is 1.87. The van der Waals surface area contributed by atoms with E-state index in [0.717, 1.165) is 18.4 Å². The molecule has 1 atom stereocenters. The number of hydrogen-bond acceptors (Lipinski definition) is 4. The van der Waals surface area contributed by atoms with Crippen LogP contribution in [0.15, 0.2) is 24.3 Å². The van der Waals surface area contributed by atoms with E-state index >= 15 is 0 Å². The summed E-state index contributed by atoms with van der Waals surface area (Å²) in [5.74, 6) is 0.362. The second-order valence-corrected chi connectivity index (χ2v) is 4.84. The predicted molar refractivity (Wildman–Crippen MR) is 71.6 cm³/mol. The third-order valence-corrected chi connectivity index (χ3v) is 3.11. The van der Waals surface area contributed by atoms with Gasteiger partial charge in [0.05, 0.1) is 19.3 Å². The van der Waals surface area contributed by atoms with Crippen LogP contribution >= 0.6 is 0 Å². The fraction of sp³-hybridized carbons (Fsp3) is 0.500. The number of benzene rings is 1. The molecule has 104 valence electrons. The van der Waals surface area contributed by atoms with Gasteiger partial charge in [-0.15, -0.1) is 0 Å². The van der Waals surface area contributed by atoms with Gasteiger partial charge in [0.25, 0.3) is 0 Å². The Balaban J connectivity index is 1.78. The Bertz CT molecular complexity index is 432. The molecule has 1 unspecified atom stereocenters. The molecule has 0 bridgehead atoms. The van der Waals surface area contributed by atoms with Crippen molar-refractivity contribution in [2.45, 2.75) is 38.0 Å². The van der Waals surface area contributed by atoms with Crippen LogP contribution in [0.3, 0.4) is 0 Å². The van der Waals surface area contributed by atoms with Crippen LogP contribution in [0.5, 0.6) is 5.75 Å². The van der Waals surface area contributed by atoms with Crippen molar-refractivity contribution in [1.29, 1.82) is 0 Å². The third kappa shape index (κ3) is 4.54. The normalized spacial score (nSPS) is 16.1. The molecule has 1 aromatic carbocycles. The van der Waals surface area contributed by atoms with Crippen LogP contribution in [0.1, 0.15) is 24.8 Å². The summed E-state index contributed by atoms with van der Waals surface area (Å²) in [6.07, 6.45) is 2.78. The molecule has 0 aliphatic heterocycles. The largest absolute Gasteiger partial charge is 0.494 e. The number of nitrogens with two attached hydrogens (primary N) is 1. The zero-order valence-corrected chi connectivity index (χ0v) is 10.8. The minimum absolute atomic E-state index is 0.00958. The Morgan fingerprint density at radius 1 is 1.53 bits per heavy atom. The predicted octanol–water partition coefficient (Wildman–Crippen LogP) is 0.554. The van der Waals surface area contributed by atoms with Crippen LogP contribution in [0.25, 0.3) is 0 Å². The SMILES string of the molecule is NC(=O)C(CCOc1cccc(CO)c1)NC1CC1. The van der Waals surface area contributed by atoms with Gasteiger partial charge < -0.3 is 20.9 Å². The molecule has 1 aromatic rings. The minimum Gasteiger partial charge on any atom is -0.494 e. The maximum absolute atomic E-state index is 11.3. The number of aliphatic hydroxyl groups excluding tert-OH is 1. The summed E-state index contributed by atoms with van der Waals surface area (Å²) in [6, 6.07) is 7.38. The third-order valence-electron chi connectivity index (χ3n) is 3.11. The number of nitrogens with one attached hydrogen (secondary N) is 1. The molecule has 1 aliphatic carbocycles. The number of amides is 1. The van der Waals surface area contributed by atoms with E-state index in [1.807, 2.05) is 18.2 Å². The first-order chi connectivity index (χ1) is 9.19. The second-order valence-electron chi connectivity index (χ2n) is 4.84. The number of rotatable bonds is 8. The lowest BCUT2D eigenvalue weighted by Gasteiger charge is -2.15. The summed E-state index contributed by atoms with van der Waals surface area (Å²) in [5, 5.41) is 12.2. The molecule has 5 heteroatoms. The molecule has 19 heavy (non-hydrogen) atoms. The Labute approximate surface area is 112 Å². The number of ether oxygens (including phenoxy) is 1. The maximum atomic E-state index is 11.3. The molecule has 5 nitrogen and oxygen atoms in total. The van der Waals surface area contributed by atoms with Crippen molar-refractivity contribution >= 4 is 5.91 Å². The van der Waals surface area contributed by atoms with Crippen molar-refractivity contribution in [1.82, 2.24) is 5.32 Å². The standard InChI is InChI=1S/C14H20N2O3/c15-14(18)13(16-11-4-5-11)6-7-19-12-3-1-2-10(8-12)9-17/h1-3,8,11,13,16-17H,4-7,9H2,(H2,15,18). The quantitative estimate of drug-likeness (QED) is 0.640. The van der Waals surface area contributed by atoms with E-state index in [4.69, 9.17) is 15.6 Å². The average Bonchev–Trinajstić information content (AvgIpc) is 3.21. The molecule has 1 fully saturated rings. The lowest BCUT2D eigenvalue weighted by atomic mass is 10.2. The number of hydrogen-bond donors (Lipinski definition) is 3. The van der Waals surface area contributed by atoms with Gasteiger partial charge in [-0.3, -0.25) is 4.79 Å². The smallest absolute Gasteiger partial charge is 0.234 e. The van der Waals surface area contributed by atoms with E-state index in [2.05, 4.69) is 5.32 Å². The zero-order chi connectivity index (χ0) is 13.7. The summed E-state index contributed by atoms with van der Waals surface area (Å²) < 4.78 is 5.57. The highest BCUT2D eigenvalue weighted by Crippen LogP contribution is 2.20. The molecule has 0 spiro atoms. The zero-order valence-electron chi connectivity index (χ0n) is 10.8. The highest BCUT2D eigenvalue weighted by molar-refractivity contribution is 5.79. The molecule has 0 heterocycles. The molecular weight excluding hydrogens is 244 g/mol. The lowest BCUT2D eigenvalue weighted by molar-refractivity contribution is -0.120. The Kier molecular flexibility index (Phi) is 4.76. The highest BCUT2D eigenvalue weighted by atomic mass is 16.5. The van der Waals surface area contributed by atoms with Gasteiger partial charge in [-0.25, -0.2) is 0 Å². The van der Waals surface area contributed by atoms with E-state index < -0.39 is 0 Å². The molecule has 1 saturated carbocycles. The van der Waals surface area contributed by atoms with Crippen molar-refractivity contribution in [2.75, 3.05) is 6.61 Å². The monoisotopic (exact) mass is 264 g/mol. The van der Waals surface area contributed by atoms with Crippen LogP contribution in [0.4, 0.5) is 0 Å². The van der Waals surface area contributed by atoms with Crippen molar-refractivity contribution in [3.63, 3.8) is 0 Å². The van der Waals surface area contributed by atoms with Crippen molar-refractivity contribution in [3.8, 4) is 5.75 Å². The van der Waals surface area contributed by atoms with Crippen molar-refractivity contribution < 1.29 is 14.6 Å². The van der Waals surface area contributed by atoms with Crippen LogP contribution < -0.4 is 15.8 Å². The maximum Gasteiger partial charge on any atom is 0.234 e. The van der Waals surface area contributed by atoms with Crippen molar-refractivity contribution in [3.05, 3.63) is 29.8 Å². The van der Waals surface area contributed by atoms with Gasteiger partial charge in [0, 0.05) is 12.5 Å². The summed E-state index contributed by atoms with van der Waals surface area (Å²) in [6.45, 7) is 0.409. The summed E-state index contributed by atoms with van der Waals surface area (Å²) in [5.41, 5.74) is 6.15. The van der Waals surface area contributed by atoms with E-state index in [-0.39, 0.29) is 18.6 Å². The van der Waals surface area contributed by atoms with E-state index in [9.17, 15) is 4.79 Å². The van der Waals surface area contributed by atoms with Crippen LogP contribution in [0, 0.1) is 0 Å². The van der Waals surface area contributed by atoms with Gasteiger partial charge in [-0.2, -0.15) is 0 Å². The topological polar surface area (TPSA) is 84.6 Å². The minimum atomic E-state index is -0.334. The van der Waals surface area contributed by atoms with Gasteiger partial charge in [-0.05, 0) is 30.5 Å². The first kappa shape index (κ1) is 13.8. The van der Waals surface area contributed by atoms with Crippen LogP contribution in [-0.4, -0.2) is 29.7 Å². The van der Waals surface area contributed by atoms with E-state index in [1.54, 1.807) is 6.07 Å². The summed E-state index contributed by atoms with van der Waals surface area (Å²) in [7, 11) is 0. The van der Waals surface area contributed by atoms with E-state index in [1.165, 1.54) is 0 Å². The lowest BCUT2D eigenvalue weighted by Crippen LogP contribution is -2.43. The molecule has 0 radical (unpaired) electrons. The van der Waals surface area contributed by atoms with Gasteiger partial charge >= 0.3 is 0 Å². The molecule has 1 aliphatic rings. The Morgan fingerprint density at radius 3 is 2.95 bits per heavy atom. The molecular formula is C14H20N2O3. The Hall–Kier alpha value is -1.59. The molecule has 0 aromatic heterocycles. The number of aliphatic hydroxyl groups is 1. The fourth-order valence-electron chi connectivity index (χ4n) is 1.87. The van der Waals surface area contributed by atoms with Crippen LogP contribution in [-0.2, 0) is 11.4 Å². The van der Waals surface area contributed by atoms with Crippen molar-refractivity contribution in [2.24, 2.45) is 5.73 Å². The van der Waals surface area contributed by atoms with Gasteiger partial charge in [0.1, 0.15) is 5.75 Å². The number of carbonyl (C=O) groups is 1. The first-order valence-electron chi connectivity index (χ1n) is 6.57. The van der Waals surface area contributed by atoms with Gasteiger partial charge in [-0.1, -0.05) is 12.1 Å². The first-order valence-corrected chi connectivity index (χ1v) is 6.57. The molecule has 0 saturated heterocycles. The van der Waals surface area contributed by atoms with Crippen LogP contribution in [0.2, 0.25) is 0 Å². The Morgan fingerprint density at radius 2 is 2.32 bits per heavy atom. The summed E-state index contributed by atoms with van der Waals surface area (Å²) in [4.78, 5) is 11.3. The van der Waals surface area contributed by atoms with Gasteiger partial charge in [0.15, 0.2) is 0 Å². The molecule has 4 N–H and O–H groups in total. The second kappa shape index (κ2) is 6.54. The number of primary amides is 1. The van der Waals surface area contributed by atoms with Gasteiger partial charge in [0.2, 0.25) is 5.91 Å². The highest BCUT2D eigenvalue weighted by Gasteiger charge is 2.26.